The van der Waals surface area contributed by atoms with Crippen molar-refractivity contribution in [2.45, 2.75) is 57.5 Å². The number of carboxylic acids is 1. The molecule has 5 nitrogen and oxygen atoms in total. The number of fused-ring (bicyclic) bond motifs is 1. The van der Waals surface area contributed by atoms with Crippen molar-refractivity contribution in [2.75, 3.05) is 13.2 Å². The van der Waals surface area contributed by atoms with E-state index in [4.69, 9.17) is 4.74 Å². The molecular weight excluding hydrogens is 246 g/mol. The zero-order valence-corrected chi connectivity index (χ0v) is 11.5. The van der Waals surface area contributed by atoms with Gasteiger partial charge in [-0.1, -0.05) is 19.8 Å². The Morgan fingerprint density at radius 3 is 2.74 bits per heavy atom. The number of carbonyl (C=O) groups is 2. The van der Waals surface area contributed by atoms with Crippen LogP contribution in [0.15, 0.2) is 0 Å². The molecule has 2 fully saturated rings. The fraction of sp³-hybridized carbons (Fsp3) is 0.857. The minimum Gasteiger partial charge on any atom is -0.480 e. The summed E-state index contributed by atoms with van der Waals surface area (Å²) >= 11 is 0. The van der Waals surface area contributed by atoms with Gasteiger partial charge in [-0.25, -0.2) is 4.79 Å². The highest BCUT2D eigenvalue weighted by molar-refractivity contribution is 5.85. The number of likely N-dealkylation sites (tertiary alicyclic amines) is 1. The third-order valence-electron chi connectivity index (χ3n) is 4.24. The van der Waals surface area contributed by atoms with E-state index in [0.29, 0.717) is 18.9 Å². The molecule has 5 heteroatoms. The molecule has 0 unspecified atom stereocenters. The Balaban J connectivity index is 2.04. The Morgan fingerprint density at radius 2 is 2.05 bits per heavy atom. The molecule has 1 saturated heterocycles. The Hall–Kier alpha value is -1.10. The van der Waals surface area contributed by atoms with Gasteiger partial charge in [0.25, 0.3) is 0 Å². The van der Waals surface area contributed by atoms with Crippen molar-refractivity contribution in [3.63, 3.8) is 0 Å². The SMILES string of the molecule is CCCOCC(=O)N1[C@@H]2CCCC[C@@H]2C[C@H]1C(=O)O. The monoisotopic (exact) mass is 269 g/mol. The molecule has 1 amide bonds. The molecule has 0 bridgehead atoms. The molecule has 2 aliphatic rings. The smallest absolute Gasteiger partial charge is 0.326 e. The zero-order chi connectivity index (χ0) is 13.8. The summed E-state index contributed by atoms with van der Waals surface area (Å²) in [7, 11) is 0. The Labute approximate surface area is 113 Å². The van der Waals surface area contributed by atoms with Crippen molar-refractivity contribution in [2.24, 2.45) is 5.92 Å². The van der Waals surface area contributed by atoms with Crippen LogP contribution in [0.2, 0.25) is 0 Å². The zero-order valence-electron chi connectivity index (χ0n) is 11.5. The molecule has 19 heavy (non-hydrogen) atoms. The van der Waals surface area contributed by atoms with Crippen molar-refractivity contribution in [3.05, 3.63) is 0 Å². The van der Waals surface area contributed by atoms with E-state index in [0.717, 1.165) is 32.1 Å². The molecule has 2 rings (SSSR count). The molecule has 1 N–H and O–H groups in total. The normalized spacial score (nSPS) is 30.2. The van der Waals surface area contributed by atoms with Crippen molar-refractivity contribution >= 4 is 11.9 Å². The highest BCUT2D eigenvalue weighted by Gasteiger charge is 2.47. The number of rotatable bonds is 5. The third-order valence-corrected chi connectivity index (χ3v) is 4.24. The largest absolute Gasteiger partial charge is 0.480 e. The van der Waals surface area contributed by atoms with E-state index < -0.39 is 12.0 Å². The van der Waals surface area contributed by atoms with Gasteiger partial charge in [-0.05, 0) is 31.6 Å². The summed E-state index contributed by atoms with van der Waals surface area (Å²) in [6, 6.07) is -0.529. The average molecular weight is 269 g/mol. The first-order chi connectivity index (χ1) is 9.15. The van der Waals surface area contributed by atoms with Crippen LogP contribution in [0.4, 0.5) is 0 Å². The fourth-order valence-electron chi connectivity index (χ4n) is 3.42. The first-order valence-electron chi connectivity index (χ1n) is 7.26. The van der Waals surface area contributed by atoms with Crippen LogP contribution in [0, 0.1) is 5.92 Å². The summed E-state index contributed by atoms with van der Waals surface area (Å²) in [4.78, 5) is 25.2. The second-order valence-electron chi connectivity index (χ2n) is 5.56. The number of nitrogens with zero attached hydrogens (tertiary/aromatic N) is 1. The molecule has 0 aromatic rings. The minimum absolute atomic E-state index is 0.0147. The van der Waals surface area contributed by atoms with E-state index in [-0.39, 0.29) is 18.6 Å². The lowest BCUT2D eigenvalue weighted by Crippen LogP contribution is -2.47. The van der Waals surface area contributed by atoms with E-state index in [1.807, 2.05) is 6.92 Å². The van der Waals surface area contributed by atoms with Crippen LogP contribution in [0.25, 0.3) is 0 Å². The molecule has 0 aromatic heterocycles. The van der Waals surface area contributed by atoms with Crippen LogP contribution in [-0.4, -0.2) is 47.2 Å². The topological polar surface area (TPSA) is 66.8 Å². The molecule has 1 saturated carbocycles. The Kier molecular flexibility index (Phi) is 4.80. The van der Waals surface area contributed by atoms with Crippen LogP contribution in [-0.2, 0) is 14.3 Å². The summed E-state index contributed by atoms with van der Waals surface area (Å²) in [6.45, 7) is 2.55. The molecule has 1 aliphatic carbocycles. The molecule has 0 spiro atoms. The van der Waals surface area contributed by atoms with E-state index >= 15 is 0 Å². The number of amides is 1. The number of carboxylic acid groups (broad SMARTS) is 1. The van der Waals surface area contributed by atoms with E-state index in [2.05, 4.69) is 0 Å². The predicted octanol–water partition coefficient (Wildman–Crippen LogP) is 1.66. The molecule has 3 atom stereocenters. The average Bonchev–Trinajstić information content (AvgIpc) is 2.78. The van der Waals surface area contributed by atoms with Gasteiger partial charge in [0.2, 0.25) is 5.91 Å². The quantitative estimate of drug-likeness (QED) is 0.771. The van der Waals surface area contributed by atoms with Gasteiger partial charge in [0, 0.05) is 12.6 Å². The number of aliphatic carboxylic acids is 1. The van der Waals surface area contributed by atoms with Gasteiger partial charge in [-0.3, -0.25) is 4.79 Å². The van der Waals surface area contributed by atoms with Crippen molar-refractivity contribution in [1.82, 2.24) is 4.90 Å². The first kappa shape index (κ1) is 14.3. The lowest BCUT2D eigenvalue weighted by molar-refractivity contribution is -0.152. The Morgan fingerprint density at radius 1 is 1.32 bits per heavy atom. The second kappa shape index (κ2) is 6.37. The second-order valence-corrected chi connectivity index (χ2v) is 5.56. The standard InChI is InChI=1S/C14H23NO4/c1-2-7-19-9-13(16)15-11-6-4-3-5-10(11)8-12(15)14(17)18/h10-12H,2-9H2,1H3,(H,17,18)/t10-,11-,12+/m1/s1. The minimum atomic E-state index is -0.877. The van der Waals surface area contributed by atoms with Crippen LogP contribution in [0.1, 0.15) is 45.4 Å². The molecule has 1 heterocycles. The molecule has 108 valence electrons. The summed E-state index contributed by atoms with van der Waals surface area (Å²) in [5, 5.41) is 9.32. The van der Waals surface area contributed by atoms with Crippen molar-refractivity contribution < 1.29 is 19.4 Å². The van der Waals surface area contributed by atoms with Crippen LogP contribution >= 0.6 is 0 Å². The highest BCUT2D eigenvalue weighted by atomic mass is 16.5. The fourth-order valence-corrected chi connectivity index (χ4v) is 3.42. The summed E-state index contributed by atoms with van der Waals surface area (Å²) in [6.07, 6.45) is 5.71. The number of ether oxygens (including phenoxy) is 1. The summed E-state index contributed by atoms with van der Waals surface area (Å²) in [5.74, 6) is -0.668. The summed E-state index contributed by atoms with van der Waals surface area (Å²) in [5.41, 5.74) is 0. The lowest BCUT2D eigenvalue weighted by Gasteiger charge is -2.32. The molecular formula is C14H23NO4. The lowest BCUT2D eigenvalue weighted by atomic mass is 9.85. The number of carbonyl (C=O) groups excluding carboxylic acids is 1. The van der Waals surface area contributed by atoms with Crippen LogP contribution in [0.3, 0.4) is 0 Å². The van der Waals surface area contributed by atoms with E-state index in [9.17, 15) is 14.7 Å². The Bertz CT molecular complexity index is 344. The van der Waals surface area contributed by atoms with Crippen LogP contribution < -0.4 is 0 Å². The highest BCUT2D eigenvalue weighted by Crippen LogP contribution is 2.39. The predicted molar refractivity (Wildman–Crippen MR) is 69.7 cm³/mol. The first-order valence-corrected chi connectivity index (χ1v) is 7.26. The maximum atomic E-state index is 12.2. The third kappa shape index (κ3) is 3.08. The van der Waals surface area contributed by atoms with Gasteiger partial charge in [-0.2, -0.15) is 0 Å². The van der Waals surface area contributed by atoms with E-state index in [1.54, 1.807) is 4.90 Å². The summed E-state index contributed by atoms with van der Waals surface area (Å²) < 4.78 is 5.28. The maximum absolute atomic E-state index is 12.2. The van der Waals surface area contributed by atoms with Gasteiger partial charge in [0.05, 0.1) is 0 Å². The molecule has 1 aliphatic heterocycles. The molecule has 0 radical (unpaired) electrons. The van der Waals surface area contributed by atoms with Crippen molar-refractivity contribution in [3.8, 4) is 0 Å². The van der Waals surface area contributed by atoms with Crippen LogP contribution in [0.5, 0.6) is 0 Å². The van der Waals surface area contributed by atoms with Gasteiger partial charge >= 0.3 is 5.97 Å². The van der Waals surface area contributed by atoms with Gasteiger partial charge in [0.1, 0.15) is 12.6 Å². The maximum Gasteiger partial charge on any atom is 0.326 e. The van der Waals surface area contributed by atoms with Gasteiger partial charge < -0.3 is 14.7 Å². The van der Waals surface area contributed by atoms with E-state index in [1.165, 1.54) is 0 Å². The number of hydrogen-bond acceptors (Lipinski definition) is 3. The van der Waals surface area contributed by atoms with Gasteiger partial charge in [0.15, 0.2) is 0 Å². The molecule has 0 aromatic carbocycles. The number of hydrogen-bond donors (Lipinski definition) is 1. The van der Waals surface area contributed by atoms with Gasteiger partial charge in [-0.15, -0.1) is 0 Å². The van der Waals surface area contributed by atoms with Crippen molar-refractivity contribution in [1.29, 1.82) is 0 Å².